The molecule has 2 saturated heterocycles. The van der Waals surface area contributed by atoms with E-state index in [2.05, 4.69) is 9.64 Å². The molecule has 88 valence electrons. The molecule has 0 aromatic carbocycles. The molecule has 3 fully saturated rings. The molecule has 0 bridgehead atoms. The van der Waals surface area contributed by atoms with E-state index in [9.17, 15) is 9.59 Å². The first-order valence-electron chi connectivity index (χ1n) is 5.94. The molecule has 3 rings (SSSR count). The second kappa shape index (κ2) is 3.82. The van der Waals surface area contributed by atoms with Gasteiger partial charge < -0.3 is 4.74 Å². The van der Waals surface area contributed by atoms with Crippen molar-refractivity contribution in [2.75, 3.05) is 26.2 Å². The number of morpholine rings is 1. The van der Waals surface area contributed by atoms with Crippen molar-refractivity contribution in [3.63, 3.8) is 0 Å². The fourth-order valence-electron chi connectivity index (χ4n) is 2.67. The smallest absolute Gasteiger partial charge is 0.327 e. The first kappa shape index (κ1) is 10.2. The maximum Gasteiger partial charge on any atom is 0.327 e. The van der Waals surface area contributed by atoms with Crippen LogP contribution in [0.5, 0.6) is 0 Å². The van der Waals surface area contributed by atoms with E-state index in [0.717, 1.165) is 25.6 Å². The highest BCUT2D eigenvalue weighted by Gasteiger charge is 2.38. The number of carbonyl (C=O) groups excluding carboxylic acids is 2. The Hall–Kier alpha value is -0.940. The highest BCUT2D eigenvalue weighted by Crippen LogP contribution is 2.31. The molecule has 1 atom stereocenters. The summed E-state index contributed by atoms with van der Waals surface area (Å²) in [5.41, 5.74) is 0. The number of rotatable bonds is 2. The number of hydrogen-bond donors (Lipinski definition) is 0. The third kappa shape index (κ3) is 1.97. The van der Waals surface area contributed by atoms with Gasteiger partial charge in [-0.15, -0.1) is 0 Å². The van der Waals surface area contributed by atoms with Gasteiger partial charge in [-0.1, -0.05) is 0 Å². The summed E-state index contributed by atoms with van der Waals surface area (Å²) in [6.07, 6.45) is 3.69. The van der Waals surface area contributed by atoms with Gasteiger partial charge in [0.2, 0.25) is 0 Å². The number of hydrogen-bond acceptors (Lipinski definition) is 5. The van der Waals surface area contributed by atoms with Crippen LogP contribution in [-0.4, -0.2) is 60.0 Å². The van der Waals surface area contributed by atoms with Crippen LogP contribution in [0.2, 0.25) is 0 Å². The van der Waals surface area contributed by atoms with Crippen molar-refractivity contribution in [1.82, 2.24) is 9.80 Å². The topological polar surface area (TPSA) is 49.9 Å². The molecule has 0 aromatic heterocycles. The molecule has 1 aliphatic carbocycles. The van der Waals surface area contributed by atoms with Gasteiger partial charge in [-0.2, -0.15) is 0 Å². The Kier molecular flexibility index (Phi) is 2.44. The standard InChI is InChI=1S/C11H16N2O3/c14-10-6-13(7-11(15)16-10)9-3-4-12(5-9)8-1-2-8/h8-9H,1-7H2. The van der Waals surface area contributed by atoms with Gasteiger partial charge in [0, 0.05) is 25.2 Å². The molecule has 1 unspecified atom stereocenters. The van der Waals surface area contributed by atoms with Crippen molar-refractivity contribution in [1.29, 1.82) is 0 Å². The zero-order valence-electron chi connectivity index (χ0n) is 9.22. The predicted molar refractivity (Wildman–Crippen MR) is 55.7 cm³/mol. The quantitative estimate of drug-likeness (QED) is 0.472. The maximum absolute atomic E-state index is 11.2. The van der Waals surface area contributed by atoms with Crippen LogP contribution >= 0.6 is 0 Å². The lowest BCUT2D eigenvalue weighted by atomic mass is 10.2. The van der Waals surface area contributed by atoms with Crippen LogP contribution in [0.3, 0.4) is 0 Å². The normalized spacial score (nSPS) is 33.1. The van der Waals surface area contributed by atoms with E-state index in [-0.39, 0.29) is 13.1 Å². The highest BCUT2D eigenvalue weighted by molar-refractivity contribution is 5.90. The van der Waals surface area contributed by atoms with Gasteiger partial charge >= 0.3 is 11.9 Å². The summed E-state index contributed by atoms with van der Waals surface area (Å²) >= 11 is 0. The molecule has 2 aliphatic heterocycles. The van der Waals surface area contributed by atoms with Crippen LogP contribution in [-0.2, 0) is 14.3 Å². The second-order valence-corrected chi connectivity index (χ2v) is 4.92. The first-order chi connectivity index (χ1) is 7.72. The van der Waals surface area contributed by atoms with E-state index in [0.29, 0.717) is 6.04 Å². The molecule has 0 spiro atoms. The lowest BCUT2D eigenvalue weighted by Crippen LogP contribution is -2.49. The summed E-state index contributed by atoms with van der Waals surface area (Å²) in [6, 6.07) is 1.13. The fraction of sp³-hybridized carbons (Fsp3) is 0.818. The lowest BCUT2D eigenvalue weighted by molar-refractivity contribution is -0.167. The van der Waals surface area contributed by atoms with Gasteiger partial charge in [-0.25, -0.2) is 0 Å². The second-order valence-electron chi connectivity index (χ2n) is 4.92. The average molecular weight is 224 g/mol. The molecule has 0 amide bonds. The largest absolute Gasteiger partial charge is 0.391 e. The SMILES string of the molecule is O=C1CN(C2CCN(C3CC3)C2)CC(=O)O1. The van der Waals surface area contributed by atoms with E-state index in [1.807, 2.05) is 4.90 Å². The molecule has 5 nitrogen and oxygen atoms in total. The van der Waals surface area contributed by atoms with E-state index in [1.165, 1.54) is 12.8 Å². The van der Waals surface area contributed by atoms with Crippen molar-refractivity contribution in [2.45, 2.75) is 31.3 Å². The average Bonchev–Trinajstić information content (AvgIpc) is 2.95. The molecule has 2 heterocycles. The van der Waals surface area contributed by atoms with Gasteiger partial charge in [0.05, 0.1) is 13.1 Å². The Morgan fingerprint density at radius 2 is 1.62 bits per heavy atom. The number of esters is 2. The van der Waals surface area contributed by atoms with Gasteiger partial charge in [-0.3, -0.25) is 19.4 Å². The van der Waals surface area contributed by atoms with Crippen molar-refractivity contribution in [2.24, 2.45) is 0 Å². The molecule has 0 aromatic rings. The Morgan fingerprint density at radius 1 is 0.938 bits per heavy atom. The number of cyclic esters (lactones) is 2. The van der Waals surface area contributed by atoms with Crippen LogP contribution in [0.1, 0.15) is 19.3 Å². The number of ether oxygens (including phenoxy) is 1. The molecule has 16 heavy (non-hydrogen) atoms. The summed E-state index contributed by atoms with van der Waals surface area (Å²) in [5, 5.41) is 0. The summed E-state index contributed by atoms with van der Waals surface area (Å²) < 4.78 is 4.53. The van der Waals surface area contributed by atoms with Gasteiger partial charge in [-0.05, 0) is 19.3 Å². The Labute approximate surface area is 94.3 Å². The van der Waals surface area contributed by atoms with E-state index in [4.69, 9.17) is 0 Å². The first-order valence-corrected chi connectivity index (χ1v) is 5.94. The van der Waals surface area contributed by atoms with Crippen LogP contribution in [0.4, 0.5) is 0 Å². The van der Waals surface area contributed by atoms with Crippen LogP contribution in [0, 0.1) is 0 Å². The summed E-state index contributed by atoms with van der Waals surface area (Å²) in [4.78, 5) is 26.8. The minimum absolute atomic E-state index is 0.273. The third-order valence-electron chi connectivity index (χ3n) is 3.67. The minimum atomic E-state index is -0.402. The molecule has 1 saturated carbocycles. The fourth-order valence-corrected chi connectivity index (χ4v) is 2.67. The monoisotopic (exact) mass is 224 g/mol. The number of nitrogens with zero attached hydrogens (tertiary/aromatic N) is 2. The molecule has 5 heteroatoms. The maximum atomic E-state index is 11.2. The molecule has 0 N–H and O–H groups in total. The molecular formula is C11H16N2O3. The van der Waals surface area contributed by atoms with E-state index >= 15 is 0 Å². The number of carbonyl (C=O) groups is 2. The summed E-state index contributed by atoms with van der Waals surface area (Å²) in [5.74, 6) is -0.803. The van der Waals surface area contributed by atoms with Crippen LogP contribution in [0.15, 0.2) is 0 Å². The van der Waals surface area contributed by atoms with Crippen LogP contribution < -0.4 is 0 Å². The highest BCUT2D eigenvalue weighted by atomic mass is 16.6. The van der Waals surface area contributed by atoms with E-state index < -0.39 is 11.9 Å². The molecular weight excluding hydrogens is 208 g/mol. The summed E-state index contributed by atoms with van der Waals surface area (Å²) in [6.45, 7) is 2.66. The van der Waals surface area contributed by atoms with Crippen molar-refractivity contribution < 1.29 is 14.3 Å². The Morgan fingerprint density at radius 3 is 2.25 bits per heavy atom. The van der Waals surface area contributed by atoms with Crippen molar-refractivity contribution >= 4 is 11.9 Å². The van der Waals surface area contributed by atoms with Gasteiger partial charge in [0.1, 0.15) is 0 Å². The Balaban J connectivity index is 1.60. The zero-order chi connectivity index (χ0) is 11.1. The third-order valence-corrected chi connectivity index (χ3v) is 3.67. The number of likely N-dealkylation sites (tertiary alicyclic amines) is 1. The van der Waals surface area contributed by atoms with Crippen molar-refractivity contribution in [3.05, 3.63) is 0 Å². The molecule has 3 aliphatic rings. The van der Waals surface area contributed by atoms with Gasteiger partial charge in [0.15, 0.2) is 0 Å². The molecule has 0 radical (unpaired) electrons. The lowest BCUT2D eigenvalue weighted by Gasteiger charge is -2.29. The Bertz CT molecular complexity index is 311. The summed E-state index contributed by atoms with van der Waals surface area (Å²) in [7, 11) is 0. The zero-order valence-corrected chi connectivity index (χ0v) is 9.22. The van der Waals surface area contributed by atoms with Gasteiger partial charge in [0.25, 0.3) is 0 Å². The van der Waals surface area contributed by atoms with E-state index in [1.54, 1.807) is 0 Å². The predicted octanol–water partition coefficient (Wildman–Crippen LogP) is -0.392. The minimum Gasteiger partial charge on any atom is -0.391 e. The van der Waals surface area contributed by atoms with Crippen LogP contribution in [0.25, 0.3) is 0 Å². The van der Waals surface area contributed by atoms with Crippen molar-refractivity contribution in [3.8, 4) is 0 Å².